The first-order valence-corrected chi connectivity index (χ1v) is 20.8. The van der Waals surface area contributed by atoms with Crippen LogP contribution in [0.1, 0.15) is 106 Å². The fourth-order valence-corrected chi connectivity index (χ4v) is 9.38. The lowest BCUT2D eigenvalue weighted by molar-refractivity contribution is -0.302. The molecule has 2 bridgehead atoms. The number of rotatable bonds is 6. The summed E-state index contributed by atoms with van der Waals surface area (Å²) in [6.45, 7) is 11.7. The average Bonchev–Trinajstić information content (AvgIpc) is 3.17. The molecule has 11 nitrogen and oxygen atoms in total. The van der Waals surface area contributed by atoms with Crippen LogP contribution in [-0.4, -0.2) is 109 Å². The summed E-state index contributed by atoms with van der Waals surface area (Å²) in [6, 6.07) is -1.05. The van der Waals surface area contributed by atoms with Crippen molar-refractivity contribution in [3.63, 3.8) is 0 Å². The number of allylic oxidation sites excluding steroid dienone is 4. The second kappa shape index (κ2) is 20.3. The molecule has 0 aromatic carbocycles. The van der Waals surface area contributed by atoms with E-state index in [-0.39, 0.29) is 48.0 Å². The number of hydrogen-bond donors (Lipinski definition) is 1. The van der Waals surface area contributed by atoms with Gasteiger partial charge in [0, 0.05) is 45.6 Å². The third kappa shape index (κ3) is 11.0. The number of carbonyl (C=O) groups excluding carboxylic acids is 4. The van der Waals surface area contributed by atoms with E-state index in [4.69, 9.17) is 35.3 Å². The molecule has 2 saturated heterocycles. The van der Waals surface area contributed by atoms with E-state index in [0.717, 1.165) is 30.4 Å². The smallest absolute Gasteiger partial charge is 0.329 e. The zero-order chi connectivity index (χ0) is 40.6. The number of fused-ring (bicyclic) bond motifs is 3. The van der Waals surface area contributed by atoms with Gasteiger partial charge >= 0.3 is 5.97 Å². The van der Waals surface area contributed by atoms with Gasteiger partial charge in [0.25, 0.3) is 11.7 Å². The molecule has 310 valence electrons. The molecule has 55 heavy (non-hydrogen) atoms. The highest BCUT2D eigenvalue weighted by molar-refractivity contribution is 6.39. The number of aliphatic hydroxyl groups is 1. The molecule has 13 atom stereocenters. The van der Waals surface area contributed by atoms with E-state index < -0.39 is 65.7 Å². The maximum absolute atomic E-state index is 14.2. The number of ether oxygens (including phenoxy) is 5. The number of esters is 1. The summed E-state index contributed by atoms with van der Waals surface area (Å²) in [5.74, 6) is -6.55. The number of ketones is 2. The largest absolute Gasteiger partial charge is 0.456 e. The maximum atomic E-state index is 14.2. The Labute approximate surface area is 333 Å². The molecule has 0 spiro atoms. The van der Waals surface area contributed by atoms with Crippen LogP contribution in [0, 0.1) is 29.6 Å². The second-order valence-corrected chi connectivity index (χ2v) is 17.2. The number of cyclic esters (lactones) is 1. The Balaban J connectivity index is 1.76. The molecule has 0 radical (unpaired) electrons. The zero-order valence-corrected chi connectivity index (χ0v) is 35.2. The van der Waals surface area contributed by atoms with Crippen LogP contribution in [-0.2, 0) is 42.9 Å². The van der Waals surface area contributed by atoms with Gasteiger partial charge in [-0.3, -0.25) is 14.4 Å². The third-order valence-electron chi connectivity index (χ3n) is 12.3. The van der Waals surface area contributed by atoms with Gasteiger partial charge in [-0.1, -0.05) is 51.5 Å². The van der Waals surface area contributed by atoms with Gasteiger partial charge in [-0.2, -0.15) is 0 Å². The molecule has 1 N–H and O–H groups in total. The molecule has 1 amide bonds. The molecule has 1 aliphatic carbocycles. The minimum absolute atomic E-state index is 0.0356. The minimum Gasteiger partial charge on any atom is -0.456 e. The van der Waals surface area contributed by atoms with Crippen LogP contribution in [0.3, 0.4) is 0 Å². The quantitative estimate of drug-likeness (QED) is 0.137. The fourth-order valence-electron chi connectivity index (χ4n) is 9.05. The van der Waals surface area contributed by atoms with Crippen molar-refractivity contribution in [3.05, 3.63) is 35.5 Å². The van der Waals surface area contributed by atoms with E-state index in [1.54, 1.807) is 40.4 Å². The van der Waals surface area contributed by atoms with Gasteiger partial charge in [-0.05, 0) is 102 Å². The van der Waals surface area contributed by atoms with Gasteiger partial charge < -0.3 is 33.7 Å². The van der Waals surface area contributed by atoms with E-state index in [0.29, 0.717) is 38.5 Å². The van der Waals surface area contributed by atoms with Crippen molar-refractivity contribution < 1.29 is 48.0 Å². The third-order valence-corrected chi connectivity index (χ3v) is 12.8. The van der Waals surface area contributed by atoms with Gasteiger partial charge in [-0.15, -0.1) is 11.6 Å². The summed E-state index contributed by atoms with van der Waals surface area (Å²) in [4.78, 5) is 57.5. The Morgan fingerprint density at radius 1 is 0.982 bits per heavy atom. The summed E-state index contributed by atoms with van der Waals surface area (Å²) < 4.78 is 30.0. The lowest BCUT2D eigenvalue weighted by Gasteiger charge is -2.47. The highest BCUT2D eigenvalue weighted by atomic mass is 35.5. The highest BCUT2D eigenvalue weighted by Gasteiger charge is 2.56. The Morgan fingerprint density at radius 3 is 2.31 bits per heavy atom. The Hall–Kier alpha value is -2.41. The van der Waals surface area contributed by atoms with Crippen molar-refractivity contribution in [2.75, 3.05) is 27.9 Å². The maximum Gasteiger partial charge on any atom is 0.329 e. The highest BCUT2D eigenvalue weighted by Crippen LogP contribution is 2.39. The van der Waals surface area contributed by atoms with E-state index >= 15 is 0 Å². The van der Waals surface area contributed by atoms with Crippen LogP contribution < -0.4 is 0 Å². The monoisotopic (exact) mass is 791 g/mol. The van der Waals surface area contributed by atoms with Gasteiger partial charge in [-0.25, -0.2) is 4.79 Å². The lowest BCUT2D eigenvalue weighted by Crippen LogP contribution is -2.64. The number of halogens is 1. The lowest BCUT2D eigenvalue weighted by atomic mass is 9.82. The predicted molar refractivity (Wildman–Crippen MR) is 210 cm³/mol. The fraction of sp³-hybridized carbons (Fsp3) is 0.767. The minimum atomic E-state index is -2.46. The predicted octanol–water partition coefficient (Wildman–Crippen LogP) is 6.52. The van der Waals surface area contributed by atoms with Crippen LogP contribution in [0.5, 0.6) is 0 Å². The molecular formula is C43H66ClNO10. The van der Waals surface area contributed by atoms with Crippen molar-refractivity contribution >= 4 is 35.0 Å². The molecule has 3 fully saturated rings. The zero-order valence-electron chi connectivity index (χ0n) is 34.5. The number of hydrogen-bond acceptors (Lipinski definition) is 10. The molecule has 0 unspecified atom stereocenters. The molecule has 12 heteroatoms. The number of piperidine rings is 1. The molecule has 4 rings (SSSR count). The first kappa shape index (κ1) is 45.3. The van der Waals surface area contributed by atoms with Crippen LogP contribution >= 0.6 is 11.6 Å². The average molecular weight is 792 g/mol. The Bertz CT molecular complexity index is 1450. The standard InChI is InChI=1S/C43H66ClNO10/c1-10-31-20-25(2)19-26(3)21-36(52-8)39-37(53-9)23-29(6)43(50,55-39)40(47)41(48)45-18-12-11-13-33(45)42(49)54-38(27(4)14-17-34(31)46)28(5)22-30-15-16-32(44)35(24-30)51-7/h14,17,20,22,26-27,29-33,35-39,50H,10-13,15-16,18-19,21,23-24H2,1-9H3/b17-14?,25-20?,28-22+/t26-,27+,29+,30-,31+,32-,33-,35+,36-,37-,38-,39+,43+/m0/s1. The first-order valence-electron chi connectivity index (χ1n) is 20.3. The van der Waals surface area contributed by atoms with Crippen LogP contribution in [0.2, 0.25) is 0 Å². The van der Waals surface area contributed by atoms with Gasteiger partial charge in [0.15, 0.2) is 5.78 Å². The summed E-state index contributed by atoms with van der Waals surface area (Å²) in [5.41, 5.74) is 1.87. The van der Waals surface area contributed by atoms with Crippen molar-refractivity contribution in [1.82, 2.24) is 4.90 Å². The first-order chi connectivity index (χ1) is 26.1. The number of methoxy groups -OCH3 is 3. The number of nitrogens with zero attached hydrogens (tertiary/aromatic N) is 1. The SMILES string of the molecule is CC[C@@H]1C=C(C)C[C@H](C)C[C@H](OC)[C@H]2O[C@@](O)(C(=O)C(=O)N3CCCC[C@H]3C(=O)O[C@H](/C(C)=C/[C@@H]3CC[C@H](Cl)[C@H](OC)C3)[C@H](C)C=CC1=O)[C@H](C)C[C@@H]2OC. The van der Waals surface area contributed by atoms with E-state index in [1.807, 2.05) is 33.8 Å². The number of alkyl halides is 1. The number of amides is 1. The Kier molecular flexibility index (Phi) is 16.7. The van der Waals surface area contributed by atoms with E-state index in [2.05, 4.69) is 13.0 Å². The van der Waals surface area contributed by atoms with Crippen molar-refractivity contribution in [3.8, 4) is 0 Å². The molecular weight excluding hydrogens is 726 g/mol. The molecule has 0 aromatic heterocycles. The van der Waals surface area contributed by atoms with Gasteiger partial charge in [0.05, 0.1) is 23.7 Å². The van der Waals surface area contributed by atoms with E-state index in [9.17, 15) is 24.3 Å². The molecule has 3 aliphatic heterocycles. The second-order valence-electron chi connectivity index (χ2n) is 16.6. The number of Topliss-reactive ketones (excluding diaryl/α,β-unsaturated/α-hetero) is 1. The molecule has 4 aliphatic rings. The van der Waals surface area contributed by atoms with E-state index in [1.165, 1.54) is 4.90 Å². The molecule has 3 heterocycles. The summed E-state index contributed by atoms with van der Waals surface area (Å²) in [7, 11) is 4.76. The topological polar surface area (TPSA) is 138 Å². The molecule has 1 saturated carbocycles. The molecule has 0 aromatic rings. The van der Waals surface area contributed by atoms with Gasteiger partial charge in [0.2, 0.25) is 5.79 Å². The van der Waals surface area contributed by atoms with Crippen LogP contribution in [0.4, 0.5) is 0 Å². The van der Waals surface area contributed by atoms with Gasteiger partial charge in [0.1, 0.15) is 18.2 Å². The summed E-state index contributed by atoms with van der Waals surface area (Å²) in [5, 5.41) is 11.9. The Morgan fingerprint density at radius 2 is 1.65 bits per heavy atom. The van der Waals surface area contributed by atoms with Crippen molar-refractivity contribution in [2.24, 2.45) is 29.6 Å². The summed E-state index contributed by atoms with van der Waals surface area (Å²) in [6.07, 6.45) is 10.7. The summed E-state index contributed by atoms with van der Waals surface area (Å²) >= 11 is 6.53. The van der Waals surface area contributed by atoms with Crippen molar-refractivity contribution in [2.45, 2.75) is 153 Å². The number of carbonyl (C=O) groups is 4. The van der Waals surface area contributed by atoms with Crippen LogP contribution in [0.15, 0.2) is 35.5 Å². The van der Waals surface area contributed by atoms with Crippen LogP contribution in [0.25, 0.3) is 0 Å². The van der Waals surface area contributed by atoms with Crippen molar-refractivity contribution in [1.29, 1.82) is 0 Å². The normalized spacial score (nSPS) is 39.5.